The molecule has 10 heteroatoms. The SMILES string of the molecule is CC(=O)O[C@H]1[C@H](OC(=O)c2ccccc2)O[C@@H]([C@@H](COC(c2ccccc2)(c2ccccc2)c2ccccc2)OC(=O)c2ccccc2)[C@@H]1OC(=O)c1ccccc1. The Labute approximate surface area is 335 Å². The fraction of sp³-hybridized carbons (Fsp3) is 0.167. The topological polar surface area (TPSA) is 124 Å². The zero-order valence-corrected chi connectivity index (χ0v) is 31.5. The number of carbonyl (C=O) groups is 4. The first kappa shape index (κ1) is 39.4. The lowest BCUT2D eigenvalue weighted by Gasteiger charge is -2.38. The number of rotatable bonds is 14. The van der Waals surface area contributed by atoms with E-state index in [2.05, 4.69) is 0 Å². The van der Waals surface area contributed by atoms with Gasteiger partial charge in [-0.3, -0.25) is 4.79 Å². The Morgan fingerprint density at radius 1 is 0.500 bits per heavy atom. The molecule has 0 unspecified atom stereocenters. The molecule has 0 aromatic heterocycles. The summed E-state index contributed by atoms with van der Waals surface area (Å²) in [5, 5.41) is 0. The molecule has 0 saturated carbocycles. The molecule has 7 rings (SSSR count). The predicted octanol–water partition coefficient (Wildman–Crippen LogP) is 7.96. The molecule has 0 bridgehead atoms. The number of carbonyl (C=O) groups excluding carboxylic acids is 4. The second-order valence-corrected chi connectivity index (χ2v) is 13.5. The lowest BCUT2D eigenvalue weighted by Crippen LogP contribution is -2.48. The first-order chi connectivity index (χ1) is 28.3. The van der Waals surface area contributed by atoms with Gasteiger partial charge in [0.2, 0.25) is 12.4 Å². The minimum Gasteiger partial charge on any atom is -0.453 e. The molecule has 0 radical (unpaired) electrons. The third-order valence-electron chi connectivity index (χ3n) is 9.63. The molecule has 0 spiro atoms. The summed E-state index contributed by atoms with van der Waals surface area (Å²) in [6.07, 6.45) is -7.33. The summed E-state index contributed by atoms with van der Waals surface area (Å²) >= 11 is 0. The highest BCUT2D eigenvalue weighted by molar-refractivity contribution is 5.90. The maximum atomic E-state index is 14.0. The van der Waals surface area contributed by atoms with E-state index in [0.717, 1.165) is 16.7 Å². The normalized spacial score (nSPS) is 18.0. The van der Waals surface area contributed by atoms with Crippen LogP contribution in [0.3, 0.4) is 0 Å². The number of benzene rings is 6. The molecule has 0 N–H and O–H groups in total. The van der Waals surface area contributed by atoms with E-state index >= 15 is 0 Å². The van der Waals surface area contributed by atoms with Crippen LogP contribution in [0.25, 0.3) is 0 Å². The standard InChI is InChI=1S/C48H40O10/c1-33(49)54-43-42(56-45(51)35-22-10-3-11-23-35)41(57-47(43)58-46(52)36-24-12-4-13-25-36)40(55-44(50)34-20-8-2-9-21-34)32-53-48(37-26-14-5-15-27-37,38-28-16-6-17-29-38)39-30-18-7-19-31-39/h2-31,40-43,47H,32H2,1H3/t40-,41+,42+,43-,47+/m1/s1. The van der Waals surface area contributed by atoms with E-state index in [4.69, 9.17) is 28.4 Å². The van der Waals surface area contributed by atoms with Crippen molar-refractivity contribution in [2.45, 2.75) is 43.2 Å². The van der Waals surface area contributed by atoms with Gasteiger partial charge >= 0.3 is 23.9 Å². The third-order valence-corrected chi connectivity index (χ3v) is 9.63. The largest absolute Gasteiger partial charge is 0.453 e. The van der Waals surface area contributed by atoms with E-state index in [-0.39, 0.29) is 23.3 Å². The molecule has 6 aromatic rings. The molecule has 0 amide bonds. The van der Waals surface area contributed by atoms with Crippen molar-refractivity contribution in [3.8, 4) is 0 Å². The van der Waals surface area contributed by atoms with E-state index in [1.165, 1.54) is 6.92 Å². The molecule has 1 heterocycles. The van der Waals surface area contributed by atoms with E-state index in [9.17, 15) is 19.2 Å². The molecule has 1 fully saturated rings. The monoisotopic (exact) mass is 776 g/mol. The Balaban J connectivity index is 1.34. The van der Waals surface area contributed by atoms with Gasteiger partial charge in [0.15, 0.2) is 12.2 Å². The van der Waals surface area contributed by atoms with Gasteiger partial charge in [-0.15, -0.1) is 0 Å². The van der Waals surface area contributed by atoms with Crippen molar-refractivity contribution >= 4 is 23.9 Å². The van der Waals surface area contributed by atoms with Crippen LogP contribution in [-0.2, 0) is 38.8 Å². The summed E-state index contributed by atoms with van der Waals surface area (Å²) in [6.45, 7) is 0.816. The second-order valence-electron chi connectivity index (χ2n) is 13.5. The van der Waals surface area contributed by atoms with Gasteiger partial charge in [-0.1, -0.05) is 146 Å². The van der Waals surface area contributed by atoms with Crippen LogP contribution in [0.4, 0.5) is 0 Å². The van der Waals surface area contributed by atoms with Crippen LogP contribution >= 0.6 is 0 Å². The summed E-state index contributed by atoms with van der Waals surface area (Å²) in [6, 6.07) is 53.5. The second kappa shape index (κ2) is 18.4. The molecule has 0 aliphatic carbocycles. The highest BCUT2D eigenvalue weighted by Crippen LogP contribution is 2.42. The van der Waals surface area contributed by atoms with Crippen LogP contribution in [0.2, 0.25) is 0 Å². The molecule has 1 aliphatic heterocycles. The summed E-state index contributed by atoms with van der Waals surface area (Å²) in [4.78, 5) is 54.0. The van der Waals surface area contributed by atoms with Gasteiger partial charge in [0.05, 0.1) is 23.3 Å². The summed E-state index contributed by atoms with van der Waals surface area (Å²) < 4.78 is 37.5. The van der Waals surface area contributed by atoms with Crippen LogP contribution in [0, 0.1) is 0 Å². The lowest BCUT2D eigenvalue weighted by molar-refractivity contribution is -0.177. The molecular formula is C48H40O10. The Morgan fingerprint density at radius 3 is 1.29 bits per heavy atom. The molecular weight excluding hydrogens is 737 g/mol. The average Bonchev–Trinajstić information content (AvgIpc) is 3.59. The Bertz CT molecular complexity index is 2170. The van der Waals surface area contributed by atoms with E-state index in [1.807, 2.05) is 91.0 Å². The van der Waals surface area contributed by atoms with Gasteiger partial charge in [0.25, 0.3) is 0 Å². The van der Waals surface area contributed by atoms with Crippen LogP contribution in [0.15, 0.2) is 182 Å². The van der Waals surface area contributed by atoms with Crippen molar-refractivity contribution in [1.82, 2.24) is 0 Å². The van der Waals surface area contributed by atoms with Crippen molar-refractivity contribution < 1.29 is 47.6 Å². The fourth-order valence-electron chi connectivity index (χ4n) is 6.96. The smallest absolute Gasteiger partial charge is 0.340 e. The van der Waals surface area contributed by atoms with E-state index in [1.54, 1.807) is 91.0 Å². The van der Waals surface area contributed by atoms with Gasteiger partial charge in [-0.2, -0.15) is 0 Å². The van der Waals surface area contributed by atoms with Gasteiger partial charge in [0.1, 0.15) is 11.7 Å². The highest BCUT2D eigenvalue weighted by atomic mass is 16.8. The summed E-state index contributed by atoms with van der Waals surface area (Å²) in [7, 11) is 0. The van der Waals surface area contributed by atoms with E-state index in [0.29, 0.717) is 0 Å². The van der Waals surface area contributed by atoms with Gasteiger partial charge in [0, 0.05) is 6.92 Å². The minimum atomic E-state index is -1.60. The van der Waals surface area contributed by atoms with Crippen molar-refractivity contribution in [1.29, 1.82) is 0 Å². The number of hydrogen-bond donors (Lipinski definition) is 0. The molecule has 292 valence electrons. The Morgan fingerprint density at radius 2 is 0.879 bits per heavy atom. The Hall–Kier alpha value is -6.88. The maximum absolute atomic E-state index is 14.0. The number of hydrogen-bond acceptors (Lipinski definition) is 10. The highest BCUT2D eigenvalue weighted by Gasteiger charge is 2.56. The number of ether oxygens (including phenoxy) is 6. The summed E-state index contributed by atoms with van der Waals surface area (Å²) in [5.74, 6) is -3.07. The van der Waals surface area contributed by atoms with Gasteiger partial charge in [-0.05, 0) is 53.1 Å². The van der Waals surface area contributed by atoms with Crippen LogP contribution in [-0.4, -0.2) is 61.2 Å². The molecule has 58 heavy (non-hydrogen) atoms. The van der Waals surface area contributed by atoms with Gasteiger partial charge in [-0.25, -0.2) is 14.4 Å². The zero-order chi connectivity index (χ0) is 40.3. The van der Waals surface area contributed by atoms with Crippen LogP contribution < -0.4 is 0 Å². The van der Waals surface area contributed by atoms with Crippen LogP contribution in [0.5, 0.6) is 0 Å². The molecule has 1 saturated heterocycles. The van der Waals surface area contributed by atoms with Crippen molar-refractivity contribution in [2.75, 3.05) is 6.61 Å². The third kappa shape index (κ3) is 8.89. The molecule has 10 nitrogen and oxygen atoms in total. The van der Waals surface area contributed by atoms with Crippen LogP contribution in [0.1, 0.15) is 54.7 Å². The minimum absolute atomic E-state index is 0.192. The molecule has 5 atom stereocenters. The lowest BCUT2D eigenvalue weighted by atomic mass is 9.80. The molecule has 1 aliphatic rings. The molecule has 6 aromatic carbocycles. The quantitative estimate of drug-likeness (QED) is 0.0612. The van der Waals surface area contributed by atoms with Crippen molar-refractivity contribution in [3.05, 3.63) is 215 Å². The summed E-state index contributed by atoms with van der Waals surface area (Å²) in [5.41, 5.74) is 1.66. The predicted molar refractivity (Wildman–Crippen MR) is 213 cm³/mol. The Kier molecular flexibility index (Phi) is 12.5. The van der Waals surface area contributed by atoms with Gasteiger partial charge < -0.3 is 28.4 Å². The average molecular weight is 777 g/mol. The first-order valence-electron chi connectivity index (χ1n) is 18.7. The number of esters is 4. The first-order valence-corrected chi connectivity index (χ1v) is 18.7. The maximum Gasteiger partial charge on any atom is 0.340 e. The van der Waals surface area contributed by atoms with E-state index < -0.39 is 60.2 Å². The van der Waals surface area contributed by atoms with Crippen molar-refractivity contribution in [2.24, 2.45) is 0 Å². The fourth-order valence-corrected chi connectivity index (χ4v) is 6.96. The zero-order valence-electron chi connectivity index (χ0n) is 31.5. The van der Waals surface area contributed by atoms with Crippen molar-refractivity contribution in [3.63, 3.8) is 0 Å².